The molecule has 2 N–H and O–H groups in total. The molecule has 3 unspecified atom stereocenters. The maximum Gasteiger partial charge on any atom is 0.226 e. The van der Waals surface area contributed by atoms with Crippen molar-refractivity contribution < 1.29 is 14.6 Å². The average molecular weight is 326 g/mol. The Morgan fingerprint density at radius 3 is 2.71 bits per heavy atom. The fraction of sp³-hybridized carbons (Fsp3) is 0.368. The van der Waals surface area contributed by atoms with Crippen LogP contribution in [0.5, 0.6) is 5.75 Å². The number of carbonyl (C=O) groups excluding carboxylic acids is 1. The Bertz CT molecular complexity index is 690. The predicted octanol–water partition coefficient (Wildman–Crippen LogP) is 2.46. The number of benzene rings is 1. The second-order valence-electron chi connectivity index (χ2n) is 6.04. The molecule has 3 rings (SSSR count). The number of pyridine rings is 1. The number of hydrogen-bond acceptors (Lipinski definition) is 4. The van der Waals surface area contributed by atoms with Crippen LogP contribution in [-0.4, -0.2) is 29.2 Å². The number of para-hydroxylation sites is 1. The van der Waals surface area contributed by atoms with Crippen LogP contribution in [0.15, 0.2) is 48.7 Å². The maximum absolute atomic E-state index is 12.7. The summed E-state index contributed by atoms with van der Waals surface area (Å²) >= 11 is 0. The largest absolute Gasteiger partial charge is 0.496 e. The fourth-order valence-corrected chi connectivity index (χ4v) is 3.26. The van der Waals surface area contributed by atoms with Gasteiger partial charge in [0.05, 0.1) is 30.9 Å². The summed E-state index contributed by atoms with van der Waals surface area (Å²) in [7, 11) is 1.61. The molecule has 0 radical (unpaired) electrons. The summed E-state index contributed by atoms with van der Waals surface area (Å²) in [6.07, 6.45) is 3.41. The van der Waals surface area contributed by atoms with Crippen LogP contribution in [0.1, 0.15) is 36.6 Å². The van der Waals surface area contributed by atoms with Gasteiger partial charge in [0.15, 0.2) is 0 Å². The van der Waals surface area contributed by atoms with Gasteiger partial charge in [0, 0.05) is 11.8 Å². The van der Waals surface area contributed by atoms with Gasteiger partial charge in [0.2, 0.25) is 5.91 Å². The SMILES string of the molecule is COc1ccccc1C(NC(=O)C1CCCC1O)c1ccccn1. The molecular formula is C19H22N2O3. The van der Waals surface area contributed by atoms with E-state index in [1.165, 1.54) is 0 Å². The summed E-state index contributed by atoms with van der Waals surface area (Å²) < 4.78 is 5.45. The number of methoxy groups -OCH3 is 1. The van der Waals surface area contributed by atoms with E-state index in [0.717, 1.165) is 17.7 Å². The molecule has 1 aromatic carbocycles. The summed E-state index contributed by atoms with van der Waals surface area (Å²) in [5.74, 6) is 0.202. The maximum atomic E-state index is 12.7. The van der Waals surface area contributed by atoms with Crippen molar-refractivity contribution in [2.24, 2.45) is 5.92 Å². The Balaban J connectivity index is 1.92. The summed E-state index contributed by atoms with van der Waals surface area (Å²) in [5.41, 5.74) is 1.59. The quantitative estimate of drug-likeness (QED) is 0.885. The lowest BCUT2D eigenvalue weighted by atomic mass is 9.99. The van der Waals surface area contributed by atoms with Crippen LogP contribution in [-0.2, 0) is 4.79 Å². The monoisotopic (exact) mass is 326 g/mol. The van der Waals surface area contributed by atoms with Gasteiger partial charge in [-0.2, -0.15) is 0 Å². The molecule has 126 valence electrons. The molecular weight excluding hydrogens is 304 g/mol. The average Bonchev–Trinajstić information content (AvgIpc) is 3.06. The molecule has 1 heterocycles. The molecule has 1 fully saturated rings. The minimum Gasteiger partial charge on any atom is -0.496 e. The Labute approximate surface area is 141 Å². The molecule has 1 aliphatic rings. The smallest absolute Gasteiger partial charge is 0.226 e. The van der Waals surface area contributed by atoms with Gasteiger partial charge in [-0.05, 0) is 37.5 Å². The first-order chi connectivity index (χ1) is 11.7. The molecule has 0 aliphatic heterocycles. The molecule has 5 nitrogen and oxygen atoms in total. The van der Waals surface area contributed by atoms with Gasteiger partial charge in [-0.3, -0.25) is 9.78 Å². The second kappa shape index (κ2) is 7.45. The van der Waals surface area contributed by atoms with Crippen LogP contribution in [0.4, 0.5) is 0 Å². The van der Waals surface area contributed by atoms with Gasteiger partial charge in [-0.15, -0.1) is 0 Å². The van der Waals surface area contributed by atoms with E-state index in [0.29, 0.717) is 18.6 Å². The molecule has 2 aromatic rings. The van der Waals surface area contributed by atoms with Crippen LogP contribution >= 0.6 is 0 Å². The summed E-state index contributed by atoms with van der Waals surface area (Å²) in [5, 5.41) is 13.1. The number of aliphatic hydroxyl groups excluding tert-OH is 1. The van der Waals surface area contributed by atoms with E-state index in [9.17, 15) is 9.90 Å². The second-order valence-corrected chi connectivity index (χ2v) is 6.04. The zero-order valence-corrected chi connectivity index (χ0v) is 13.7. The van der Waals surface area contributed by atoms with E-state index in [-0.39, 0.29) is 11.8 Å². The lowest BCUT2D eigenvalue weighted by Gasteiger charge is -2.23. The van der Waals surface area contributed by atoms with Crippen molar-refractivity contribution in [1.29, 1.82) is 0 Å². The van der Waals surface area contributed by atoms with E-state index in [1.54, 1.807) is 13.3 Å². The third kappa shape index (κ3) is 3.41. The predicted molar refractivity (Wildman–Crippen MR) is 90.6 cm³/mol. The van der Waals surface area contributed by atoms with E-state index >= 15 is 0 Å². The highest BCUT2D eigenvalue weighted by Gasteiger charge is 2.33. The number of aliphatic hydroxyl groups is 1. The number of nitrogens with one attached hydrogen (secondary N) is 1. The number of rotatable bonds is 5. The van der Waals surface area contributed by atoms with Crippen molar-refractivity contribution in [3.8, 4) is 5.75 Å². The highest BCUT2D eigenvalue weighted by atomic mass is 16.5. The van der Waals surface area contributed by atoms with Gasteiger partial charge < -0.3 is 15.2 Å². The first-order valence-electron chi connectivity index (χ1n) is 8.23. The lowest BCUT2D eigenvalue weighted by molar-refractivity contribution is -0.128. The van der Waals surface area contributed by atoms with Crippen LogP contribution in [0.25, 0.3) is 0 Å². The van der Waals surface area contributed by atoms with Gasteiger partial charge in [-0.25, -0.2) is 0 Å². The number of ether oxygens (including phenoxy) is 1. The van der Waals surface area contributed by atoms with Crippen molar-refractivity contribution in [1.82, 2.24) is 10.3 Å². The number of amides is 1. The Morgan fingerprint density at radius 2 is 2.04 bits per heavy atom. The van der Waals surface area contributed by atoms with Gasteiger partial charge >= 0.3 is 0 Å². The minimum atomic E-state index is -0.563. The summed E-state index contributed by atoms with van der Waals surface area (Å²) in [6, 6.07) is 12.8. The number of hydrogen-bond donors (Lipinski definition) is 2. The first kappa shape index (κ1) is 16.5. The van der Waals surface area contributed by atoms with Crippen LogP contribution in [0.2, 0.25) is 0 Å². The first-order valence-corrected chi connectivity index (χ1v) is 8.23. The Morgan fingerprint density at radius 1 is 1.25 bits per heavy atom. The molecule has 1 aromatic heterocycles. The number of nitrogens with zero attached hydrogens (tertiary/aromatic N) is 1. The van der Waals surface area contributed by atoms with Gasteiger partial charge in [0.25, 0.3) is 0 Å². The summed E-state index contributed by atoms with van der Waals surface area (Å²) in [4.78, 5) is 17.1. The van der Waals surface area contributed by atoms with Crippen molar-refractivity contribution in [2.75, 3.05) is 7.11 Å². The molecule has 0 bridgehead atoms. The van der Waals surface area contributed by atoms with Crippen molar-refractivity contribution >= 4 is 5.91 Å². The lowest BCUT2D eigenvalue weighted by Crippen LogP contribution is -2.38. The van der Waals surface area contributed by atoms with Crippen LogP contribution in [0.3, 0.4) is 0 Å². The molecule has 3 atom stereocenters. The zero-order chi connectivity index (χ0) is 16.9. The fourth-order valence-electron chi connectivity index (χ4n) is 3.26. The Kier molecular flexibility index (Phi) is 5.11. The van der Waals surface area contributed by atoms with E-state index in [2.05, 4.69) is 10.3 Å². The molecule has 1 amide bonds. The van der Waals surface area contributed by atoms with E-state index < -0.39 is 12.1 Å². The zero-order valence-electron chi connectivity index (χ0n) is 13.7. The molecule has 1 aliphatic carbocycles. The third-order valence-corrected chi connectivity index (χ3v) is 4.54. The highest BCUT2D eigenvalue weighted by Crippen LogP contribution is 2.31. The normalized spacial score (nSPS) is 21.2. The van der Waals surface area contributed by atoms with Crippen LogP contribution < -0.4 is 10.1 Å². The molecule has 5 heteroatoms. The number of aromatic nitrogens is 1. The van der Waals surface area contributed by atoms with E-state index in [1.807, 2.05) is 42.5 Å². The van der Waals surface area contributed by atoms with Crippen molar-refractivity contribution in [3.63, 3.8) is 0 Å². The molecule has 24 heavy (non-hydrogen) atoms. The van der Waals surface area contributed by atoms with Crippen molar-refractivity contribution in [2.45, 2.75) is 31.4 Å². The highest BCUT2D eigenvalue weighted by molar-refractivity contribution is 5.80. The Hall–Kier alpha value is -2.40. The summed E-state index contributed by atoms with van der Waals surface area (Å²) in [6.45, 7) is 0. The standard InChI is InChI=1S/C19H22N2O3/c1-24-17-11-3-2-7-14(17)18(15-9-4-5-12-20-15)21-19(23)13-8-6-10-16(13)22/h2-5,7,9,11-13,16,18,22H,6,8,10H2,1H3,(H,21,23). The van der Waals surface area contributed by atoms with Gasteiger partial charge in [-0.1, -0.05) is 24.3 Å². The molecule has 0 spiro atoms. The van der Waals surface area contributed by atoms with Crippen LogP contribution in [0, 0.1) is 5.92 Å². The van der Waals surface area contributed by atoms with Crippen molar-refractivity contribution in [3.05, 3.63) is 59.9 Å². The number of carbonyl (C=O) groups is 1. The van der Waals surface area contributed by atoms with E-state index in [4.69, 9.17) is 4.74 Å². The minimum absolute atomic E-state index is 0.137. The third-order valence-electron chi connectivity index (χ3n) is 4.54. The topological polar surface area (TPSA) is 71.5 Å². The molecule has 1 saturated carbocycles. The van der Waals surface area contributed by atoms with Gasteiger partial charge in [0.1, 0.15) is 5.75 Å². The molecule has 0 saturated heterocycles.